The summed E-state index contributed by atoms with van der Waals surface area (Å²) in [7, 11) is 0. The number of amides is 1. The Hall–Kier alpha value is -1.89. The van der Waals surface area contributed by atoms with Gasteiger partial charge in [-0.15, -0.1) is 10.2 Å². The van der Waals surface area contributed by atoms with E-state index in [0.29, 0.717) is 34.4 Å². The second-order valence-corrected chi connectivity index (χ2v) is 8.26. The molecule has 1 saturated carbocycles. The van der Waals surface area contributed by atoms with Gasteiger partial charge < -0.3 is 4.90 Å². The van der Waals surface area contributed by atoms with Gasteiger partial charge in [-0.1, -0.05) is 30.8 Å². The summed E-state index contributed by atoms with van der Waals surface area (Å²) in [6, 6.07) is 7.33. The van der Waals surface area contributed by atoms with Crippen LogP contribution < -0.4 is 0 Å². The fourth-order valence-corrected chi connectivity index (χ4v) is 4.72. The van der Waals surface area contributed by atoms with E-state index in [1.54, 1.807) is 12.1 Å². The standard InChI is InChI=1S/C20H25FN4OS/c1-2-14-7-5-6-12-24(14)18(26)13-27-20-23-22-19(25(20)15-10-11-15)16-8-3-4-9-17(16)21/h3-4,8-9,14-15H,2,5-7,10-13H2,1H3/t14-/m1/s1. The maximum atomic E-state index is 14.2. The lowest BCUT2D eigenvalue weighted by atomic mass is 10.0. The normalized spacial score (nSPS) is 20.1. The summed E-state index contributed by atoms with van der Waals surface area (Å²) in [5.74, 6) is 0.802. The Morgan fingerprint density at radius 1 is 1.22 bits per heavy atom. The molecule has 0 radical (unpaired) electrons. The lowest BCUT2D eigenvalue weighted by Crippen LogP contribution is -2.44. The molecule has 1 aliphatic heterocycles. The average Bonchev–Trinajstić information content (AvgIpc) is 3.46. The maximum absolute atomic E-state index is 14.2. The first-order chi connectivity index (χ1) is 13.2. The number of carbonyl (C=O) groups excluding carboxylic acids is 1. The van der Waals surface area contributed by atoms with Crippen LogP contribution >= 0.6 is 11.8 Å². The van der Waals surface area contributed by atoms with Gasteiger partial charge in [0.2, 0.25) is 5.91 Å². The lowest BCUT2D eigenvalue weighted by Gasteiger charge is -2.35. The highest BCUT2D eigenvalue weighted by atomic mass is 32.2. The Morgan fingerprint density at radius 3 is 2.78 bits per heavy atom. The van der Waals surface area contributed by atoms with Gasteiger partial charge in [0.25, 0.3) is 0 Å². The SMILES string of the molecule is CC[C@@H]1CCCCN1C(=O)CSc1nnc(-c2ccccc2F)n1C1CC1. The van der Waals surface area contributed by atoms with Crippen LogP contribution in [0.5, 0.6) is 0 Å². The molecule has 0 N–H and O–H groups in total. The molecule has 1 amide bonds. The molecule has 1 saturated heterocycles. The predicted octanol–water partition coefficient (Wildman–Crippen LogP) is 4.30. The van der Waals surface area contributed by atoms with Gasteiger partial charge in [-0.05, 0) is 50.7 Å². The molecule has 1 aliphatic carbocycles. The monoisotopic (exact) mass is 388 g/mol. The number of aromatic nitrogens is 3. The summed E-state index contributed by atoms with van der Waals surface area (Å²) >= 11 is 1.43. The lowest BCUT2D eigenvalue weighted by molar-refractivity contribution is -0.132. The van der Waals surface area contributed by atoms with Crippen molar-refractivity contribution in [1.82, 2.24) is 19.7 Å². The molecular weight excluding hydrogens is 363 g/mol. The highest BCUT2D eigenvalue weighted by Crippen LogP contribution is 2.41. The molecule has 2 heterocycles. The van der Waals surface area contributed by atoms with E-state index in [9.17, 15) is 9.18 Å². The largest absolute Gasteiger partial charge is 0.339 e. The average molecular weight is 389 g/mol. The topological polar surface area (TPSA) is 51.0 Å². The zero-order chi connectivity index (χ0) is 18.8. The third-order valence-electron chi connectivity index (χ3n) is 5.43. The molecule has 1 aromatic heterocycles. The van der Waals surface area contributed by atoms with Gasteiger partial charge in [0.15, 0.2) is 11.0 Å². The molecule has 0 spiro atoms. The summed E-state index contributed by atoms with van der Waals surface area (Å²) < 4.78 is 16.3. The van der Waals surface area contributed by atoms with Gasteiger partial charge in [-0.2, -0.15) is 0 Å². The van der Waals surface area contributed by atoms with Crippen LogP contribution in [-0.2, 0) is 4.79 Å². The molecule has 1 atom stereocenters. The van der Waals surface area contributed by atoms with E-state index in [1.807, 2.05) is 15.5 Å². The molecule has 0 unspecified atom stereocenters. The fourth-order valence-electron chi connectivity index (χ4n) is 3.83. The van der Waals surface area contributed by atoms with Crippen LogP contribution in [0.2, 0.25) is 0 Å². The van der Waals surface area contributed by atoms with Crippen molar-refractivity contribution in [2.24, 2.45) is 0 Å². The Bertz CT molecular complexity index is 820. The van der Waals surface area contributed by atoms with Crippen molar-refractivity contribution in [3.8, 4) is 11.4 Å². The Morgan fingerprint density at radius 2 is 2.04 bits per heavy atom. The summed E-state index contributed by atoms with van der Waals surface area (Å²) in [6.45, 7) is 3.00. The number of carbonyl (C=O) groups is 1. The molecule has 27 heavy (non-hydrogen) atoms. The van der Waals surface area contributed by atoms with E-state index in [4.69, 9.17) is 0 Å². The molecule has 4 rings (SSSR count). The summed E-state index contributed by atoms with van der Waals surface area (Å²) in [6.07, 6.45) is 6.49. The molecular formula is C20H25FN4OS. The second kappa shape index (κ2) is 8.00. The van der Waals surface area contributed by atoms with E-state index in [1.165, 1.54) is 24.2 Å². The minimum Gasteiger partial charge on any atom is -0.339 e. The molecule has 0 bridgehead atoms. The Labute approximate surface area is 163 Å². The van der Waals surface area contributed by atoms with Gasteiger partial charge in [-0.25, -0.2) is 4.39 Å². The van der Waals surface area contributed by atoms with Gasteiger partial charge >= 0.3 is 0 Å². The Kier molecular flexibility index (Phi) is 5.48. The second-order valence-electron chi connectivity index (χ2n) is 7.32. The van der Waals surface area contributed by atoms with Crippen LogP contribution in [-0.4, -0.2) is 43.9 Å². The number of thioether (sulfide) groups is 1. The molecule has 2 aliphatic rings. The summed E-state index contributed by atoms with van der Waals surface area (Å²) in [5.41, 5.74) is 0.470. The number of likely N-dealkylation sites (tertiary alicyclic amines) is 1. The third kappa shape index (κ3) is 3.88. The van der Waals surface area contributed by atoms with Crippen LogP contribution in [0.3, 0.4) is 0 Å². The molecule has 1 aromatic carbocycles. The summed E-state index contributed by atoms with van der Waals surface area (Å²) in [5, 5.41) is 9.26. The van der Waals surface area contributed by atoms with Crippen LogP contribution in [0.15, 0.2) is 29.4 Å². The number of piperidine rings is 1. The first-order valence-corrected chi connectivity index (χ1v) is 10.8. The number of nitrogens with zero attached hydrogens (tertiary/aromatic N) is 4. The van der Waals surface area contributed by atoms with Crippen LogP contribution in [0.25, 0.3) is 11.4 Å². The van der Waals surface area contributed by atoms with Crippen molar-refractivity contribution in [3.05, 3.63) is 30.1 Å². The van der Waals surface area contributed by atoms with E-state index in [2.05, 4.69) is 17.1 Å². The van der Waals surface area contributed by atoms with E-state index in [0.717, 1.165) is 38.6 Å². The number of hydrogen-bond acceptors (Lipinski definition) is 4. The first kappa shape index (κ1) is 18.5. The van der Waals surface area contributed by atoms with E-state index >= 15 is 0 Å². The van der Waals surface area contributed by atoms with Crippen molar-refractivity contribution in [2.45, 2.75) is 62.7 Å². The first-order valence-electron chi connectivity index (χ1n) is 9.81. The predicted molar refractivity (Wildman–Crippen MR) is 104 cm³/mol. The van der Waals surface area contributed by atoms with Crippen molar-refractivity contribution < 1.29 is 9.18 Å². The number of hydrogen-bond donors (Lipinski definition) is 0. The van der Waals surface area contributed by atoms with E-state index < -0.39 is 0 Å². The van der Waals surface area contributed by atoms with Gasteiger partial charge in [0.1, 0.15) is 5.82 Å². The van der Waals surface area contributed by atoms with Crippen LogP contribution in [0.4, 0.5) is 4.39 Å². The van der Waals surface area contributed by atoms with Gasteiger partial charge in [-0.3, -0.25) is 9.36 Å². The minimum atomic E-state index is -0.293. The molecule has 144 valence electrons. The molecule has 7 heteroatoms. The number of rotatable bonds is 6. The minimum absolute atomic E-state index is 0.171. The van der Waals surface area contributed by atoms with Crippen molar-refractivity contribution in [2.75, 3.05) is 12.3 Å². The third-order valence-corrected chi connectivity index (χ3v) is 6.36. The molecule has 5 nitrogen and oxygen atoms in total. The smallest absolute Gasteiger partial charge is 0.233 e. The molecule has 2 aromatic rings. The van der Waals surface area contributed by atoms with Crippen molar-refractivity contribution in [1.29, 1.82) is 0 Å². The maximum Gasteiger partial charge on any atom is 0.233 e. The highest BCUT2D eigenvalue weighted by Gasteiger charge is 2.32. The van der Waals surface area contributed by atoms with Gasteiger partial charge in [0, 0.05) is 18.6 Å². The molecule has 2 fully saturated rings. The quantitative estimate of drug-likeness (QED) is 0.692. The zero-order valence-electron chi connectivity index (χ0n) is 15.6. The number of benzene rings is 1. The Balaban J connectivity index is 1.51. The summed E-state index contributed by atoms with van der Waals surface area (Å²) in [4.78, 5) is 14.8. The van der Waals surface area contributed by atoms with Crippen LogP contribution in [0, 0.1) is 5.82 Å². The van der Waals surface area contributed by atoms with E-state index in [-0.39, 0.29) is 11.7 Å². The van der Waals surface area contributed by atoms with Crippen molar-refractivity contribution in [3.63, 3.8) is 0 Å². The van der Waals surface area contributed by atoms with Crippen molar-refractivity contribution >= 4 is 17.7 Å². The highest BCUT2D eigenvalue weighted by molar-refractivity contribution is 7.99. The fraction of sp³-hybridized carbons (Fsp3) is 0.550. The van der Waals surface area contributed by atoms with Crippen LogP contribution in [0.1, 0.15) is 51.5 Å². The van der Waals surface area contributed by atoms with Gasteiger partial charge in [0.05, 0.1) is 11.3 Å². The number of halogens is 1. The zero-order valence-corrected chi connectivity index (χ0v) is 16.4.